The monoisotopic (exact) mass is 399 g/mol. The molecule has 1 amide bonds. The zero-order valence-electron chi connectivity index (χ0n) is 17.2. The number of aromatic nitrogens is 2. The highest BCUT2D eigenvalue weighted by Crippen LogP contribution is 2.21. The third kappa shape index (κ3) is 4.35. The SMILES string of the molecule is Cc1ccccc1OCc1nc2ccccc2n1CC(=O)NC(C)c1ccccc1. The summed E-state index contributed by atoms with van der Waals surface area (Å²) >= 11 is 0. The van der Waals surface area contributed by atoms with Crippen LogP contribution in [0.15, 0.2) is 78.9 Å². The van der Waals surface area contributed by atoms with Gasteiger partial charge in [-0.15, -0.1) is 0 Å². The summed E-state index contributed by atoms with van der Waals surface area (Å²) in [6, 6.07) is 25.6. The molecule has 1 unspecified atom stereocenters. The highest BCUT2D eigenvalue weighted by Gasteiger charge is 2.16. The fraction of sp³-hybridized carbons (Fsp3) is 0.200. The fourth-order valence-corrected chi connectivity index (χ4v) is 3.53. The van der Waals surface area contributed by atoms with Gasteiger partial charge in [0.2, 0.25) is 5.91 Å². The maximum atomic E-state index is 12.8. The first-order valence-electron chi connectivity index (χ1n) is 10.1. The van der Waals surface area contributed by atoms with Crippen LogP contribution in [0.4, 0.5) is 0 Å². The van der Waals surface area contributed by atoms with Gasteiger partial charge in [0.25, 0.3) is 0 Å². The minimum atomic E-state index is -0.0693. The summed E-state index contributed by atoms with van der Waals surface area (Å²) in [4.78, 5) is 17.5. The number of hydrogen-bond acceptors (Lipinski definition) is 3. The molecule has 0 saturated heterocycles. The number of aryl methyl sites for hydroxylation is 1. The van der Waals surface area contributed by atoms with Crippen molar-refractivity contribution in [2.75, 3.05) is 0 Å². The Morgan fingerprint density at radius 2 is 1.70 bits per heavy atom. The van der Waals surface area contributed by atoms with Gasteiger partial charge in [-0.05, 0) is 43.2 Å². The Morgan fingerprint density at radius 1 is 1.00 bits per heavy atom. The number of ether oxygens (including phenoxy) is 1. The Bertz CT molecular complexity index is 1150. The number of benzene rings is 3. The molecule has 0 aliphatic carbocycles. The van der Waals surface area contributed by atoms with E-state index in [1.807, 2.05) is 97.3 Å². The van der Waals surface area contributed by atoms with E-state index >= 15 is 0 Å². The predicted molar refractivity (Wildman–Crippen MR) is 118 cm³/mol. The molecule has 1 aromatic heterocycles. The molecular weight excluding hydrogens is 374 g/mol. The second-order valence-electron chi connectivity index (χ2n) is 7.36. The first-order chi connectivity index (χ1) is 14.6. The van der Waals surface area contributed by atoms with Gasteiger partial charge < -0.3 is 14.6 Å². The zero-order valence-corrected chi connectivity index (χ0v) is 17.2. The van der Waals surface area contributed by atoms with E-state index < -0.39 is 0 Å². The molecule has 0 radical (unpaired) electrons. The van der Waals surface area contributed by atoms with Crippen LogP contribution >= 0.6 is 0 Å². The molecule has 4 aromatic rings. The molecule has 1 atom stereocenters. The summed E-state index contributed by atoms with van der Waals surface area (Å²) < 4.78 is 7.94. The average molecular weight is 399 g/mol. The van der Waals surface area contributed by atoms with Crippen molar-refractivity contribution in [1.29, 1.82) is 0 Å². The van der Waals surface area contributed by atoms with E-state index in [-0.39, 0.29) is 18.5 Å². The molecule has 0 aliphatic rings. The number of imidazole rings is 1. The summed E-state index contributed by atoms with van der Waals surface area (Å²) in [5.74, 6) is 1.48. The van der Waals surface area contributed by atoms with E-state index in [1.165, 1.54) is 0 Å². The number of hydrogen-bond donors (Lipinski definition) is 1. The number of carbonyl (C=O) groups is 1. The van der Waals surface area contributed by atoms with Gasteiger partial charge in [0.1, 0.15) is 24.7 Å². The van der Waals surface area contributed by atoms with Crippen LogP contribution in [-0.4, -0.2) is 15.5 Å². The van der Waals surface area contributed by atoms with Crippen molar-refractivity contribution in [3.8, 4) is 5.75 Å². The maximum Gasteiger partial charge on any atom is 0.240 e. The summed E-state index contributed by atoms with van der Waals surface area (Å²) in [7, 11) is 0. The first kappa shape index (κ1) is 19.7. The number of amides is 1. The number of carbonyl (C=O) groups excluding carboxylic acids is 1. The summed E-state index contributed by atoms with van der Waals surface area (Å²) in [5.41, 5.74) is 3.91. The zero-order chi connectivity index (χ0) is 20.9. The summed E-state index contributed by atoms with van der Waals surface area (Å²) in [6.07, 6.45) is 0. The molecule has 5 heteroatoms. The van der Waals surface area contributed by atoms with E-state index in [1.54, 1.807) is 0 Å². The number of fused-ring (bicyclic) bond motifs is 1. The van der Waals surface area contributed by atoms with E-state index in [2.05, 4.69) is 5.32 Å². The fourth-order valence-electron chi connectivity index (χ4n) is 3.53. The average Bonchev–Trinajstić information content (AvgIpc) is 3.11. The maximum absolute atomic E-state index is 12.8. The normalized spacial score (nSPS) is 11.9. The van der Waals surface area contributed by atoms with Crippen molar-refractivity contribution >= 4 is 16.9 Å². The number of nitrogens with zero attached hydrogens (tertiary/aromatic N) is 2. The lowest BCUT2D eigenvalue weighted by Gasteiger charge is -2.16. The highest BCUT2D eigenvalue weighted by atomic mass is 16.5. The molecule has 0 spiro atoms. The van der Waals surface area contributed by atoms with E-state index in [0.29, 0.717) is 6.61 Å². The second-order valence-corrected chi connectivity index (χ2v) is 7.36. The van der Waals surface area contributed by atoms with Crippen molar-refractivity contribution in [3.05, 3.63) is 95.8 Å². The van der Waals surface area contributed by atoms with Crippen LogP contribution in [0.25, 0.3) is 11.0 Å². The Hall–Kier alpha value is -3.60. The Kier molecular flexibility index (Phi) is 5.80. The number of nitrogens with one attached hydrogen (secondary N) is 1. The minimum Gasteiger partial charge on any atom is -0.485 e. The molecule has 1 heterocycles. The molecule has 5 nitrogen and oxygen atoms in total. The van der Waals surface area contributed by atoms with Crippen molar-refractivity contribution in [3.63, 3.8) is 0 Å². The third-order valence-electron chi connectivity index (χ3n) is 5.16. The standard InChI is InChI=1S/C25H25N3O2/c1-18-10-6-9-15-23(18)30-17-24-27-21-13-7-8-14-22(21)28(24)16-25(29)26-19(2)20-11-4-3-5-12-20/h3-15,19H,16-17H2,1-2H3,(H,26,29). The van der Waals surface area contributed by atoms with Crippen LogP contribution in [0.2, 0.25) is 0 Å². The molecule has 1 N–H and O–H groups in total. The lowest BCUT2D eigenvalue weighted by Crippen LogP contribution is -2.30. The van der Waals surface area contributed by atoms with Gasteiger partial charge in [-0.1, -0.05) is 60.7 Å². The molecule has 0 aliphatic heterocycles. The Labute approximate surface area is 176 Å². The largest absolute Gasteiger partial charge is 0.485 e. The lowest BCUT2D eigenvalue weighted by atomic mass is 10.1. The van der Waals surface area contributed by atoms with Gasteiger partial charge in [-0.2, -0.15) is 0 Å². The molecule has 30 heavy (non-hydrogen) atoms. The van der Waals surface area contributed by atoms with Crippen LogP contribution in [0.3, 0.4) is 0 Å². The van der Waals surface area contributed by atoms with Gasteiger partial charge in [-0.3, -0.25) is 4.79 Å². The van der Waals surface area contributed by atoms with Crippen LogP contribution in [0.1, 0.15) is 29.9 Å². The molecule has 3 aromatic carbocycles. The van der Waals surface area contributed by atoms with Crippen molar-refractivity contribution in [1.82, 2.24) is 14.9 Å². The third-order valence-corrected chi connectivity index (χ3v) is 5.16. The van der Waals surface area contributed by atoms with Crippen LogP contribution in [-0.2, 0) is 17.9 Å². The highest BCUT2D eigenvalue weighted by molar-refractivity contribution is 5.81. The second kappa shape index (κ2) is 8.82. The molecule has 0 bridgehead atoms. The Morgan fingerprint density at radius 3 is 2.50 bits per heavy atom. The van der Waals surface area contributed by atoms with Gasteiger partial charge in [0.15, 0.2) is 0 Å². The Balaban J connectivity index is 1.54. The summed E-state index contributed by atoms with van der Waals surface area (Å²) in [6.45, 7) is 4.48. The van der Waals surface area contributed by atoms with Crippen LogP contribution < -0.4 is 10.1 Å². The van der Waals surface area contributed by atoms with Crippen molar-refractivity contribution in [2.45, 2.75) is 33.0 Å². The van der Waals surface area contributed by atoms with Gasteiger partial charge >= 0.3 is 0 Å². The van der Waals surface area contributed by atoms with E-state index in [9.17, 15) is 4.79 Å². The van der Waals surface area contributed by atoms with Crippen LogP contribution in [0.5, 0.6) is 5.75 Å². The van der Waals surface area contributed by atoms with Gasteiger partial charge in [0, 0.05) is 0 Å². The van der Waals surface area contributed by atoms with Gasteiger partial charge in [0.05, 0.1) is 17.1 Å². The van der Waals surface area contributed by atoms with Crippen molar-refractivity contribution < 1.29 is 9.53 Å². The molecule has 0 saturated carbocycles. The predicted octanol–water partition coefficient (Wildman–Crippen LogP) is 4.80. The topological polar surface area (TPSA) is 56.2 Å². The van der Waals surface area contributed by atoms with E-state index in [0.717, 1.165) is 33.7 Å². The smallest absolute Gasteiger partial charge is 0.240 e. The van der Waals surface area contributed by atoms with Crippen LogP contribution in [0, 0.1) is 6.92 Å². The van der Waals surface area contributed by atoms with Gasteiger partial charge in [-0.25, -0.2) is 4.98 Å². The molecule has 152 valence electrons. The number of para-hydroxylation sites is 3. The summed E-state index contributed by atoms with van der Waals surface area (Å²) in [5, 5.41) is 3.08. The molecule has 4 rings (SSSR count). The quantitative estimate of drug-likeness (QED) is 0.486. The number of rotatable bonds is 7. The van der Waals surface area contributed by atoms with E-state index in [4.69, 9.17) is 9.72 Å². The minimum absolute atomic E-state index is 0.0633. The van der Waals surface area contributed by atoms with Crippen molar-refractivity contribution in [2.24, 2.45) is 0 Å². The molecule has 0 fully saturated rings. The molecular formula is C25H25N3O2. The lowest BCUT2D eigenvalue weighted by molar-refractivity contribution is -0.122. The first-order valence-corrected chi connectivity index (χ1v) is 10.1.